The van der Waals surface area contributed by atoms with E-state index < -0.39 is 17.5 Å². The van der Waals surface area contributed by atoms with Gasteiger partial charge in [0.25, 0.3) is 5.78 Å². The number of aromatic nitrogens is 2. The number of halogens is 3. The van der Waals surface area contributed by atoms with Crippen molar-refractivity contribution in [3.63, 3.8) is 0 Å². The molecule has 0 saturated carbocycles. The van der Waals surface area contributed by atoms with Gasteiger partial charge in [0.15, 0.2) is 5.82 Å². The standard InChI is InChI=1S/C12H7F3N2O2/c13-12(14,15)10(19)8-5-16-11(17-6-8)7-1-3-9(18)4-2-7/h1-6,18H. The molecule has 0 saturated heterocycles. The van der Waals surface area contributed by atoms with Gasteiger partial charge in [-0.2, -0.15) is 13.2 Å². The van der Waals surface area contributed by atoms with Crippen molar-refractivity contribution in [3.8, 4) is 17.1 Å². The molecule has 7 heteroatoms. The SMILES string of the molecule is O=C(c1cnc(-c2ccc(O)cc2)nc1)C(F)(F)F. The maximum absolute atomic E-state index is 12.2. The van der Waals surface area contributed by atoms with Gasteiger partial charge in [-0.3, -0.25) is 4.79 Å². The van der Waals surface area contributed by atoms with Crippen molar-refractivity contribution in [1.82, 2.24) is 9.97 Å². The Labute approximate surface area is 105 Å². The molecule has 0 bridgehead atoms. The Hall–Kier alpha value is -2.44. The van der Waals surface area contributed by atoms with E-state index in [9.17, 15) is 18.0 Å². The molecule has 0 aliphatic carbocycles. The predicted molar refractivity (Wildman–Crippen MR) is 59.5 cm³/mol. The number of carbonyl (C=O) groups is 1. The smallest absolute Gasteiger partial charge is 0.454 e. The molecular formula is C12H7F3N2O2. The maximum atomic E-state index is 12.2. The van der Waals surface area contributed by atoms with E-state index in [1.54, 1.807) is 0 Å². The molecule has 0 radical (unpaired) electrons. The Kier molecular flexibility index (Phi) is 3.20. The Balaban J connectivity index is 2.28. The van der Waals surface area contributed by atoms with E-state index in [2.05, 4.69) is 9.97 Å². The molecular weight excluding hydrogens is 261 g/mol. The molecule has 2 rings (SSSR count). The third-order valence-electron chi connectivity index (χ3n) is 2.30. The molecule has 0 spiro atoms. The molecule has 0 fully saturated rings. The number of hydrogen-bond donors (Lipinski definition) is 1. The number of phenols is 1. The normalized spacial score (nSPS) is 11.3. The van der Waals surface area contributed by atoms with Crippen molar-refractivity contribution >= 4 is 5.78 Å². The summed E-state index contributed by atoms with van der Waals surface area (Å²) in [5.74, 6) is -1.77. The van der Waals surface area contributed by atoms with Gasteiger partial charge in [-0.1, -0.05) is 0 Å². The number of hydrogen-bond acceptors (Lipinski definition) is 4. The van der Waals surface area contributed by atoms with Crippen LogP contribution in [0.4, 0.5) is 13.2 Å². The van der Waals surface area contributed by atoms with Crippen molar-refractivity contribution in [1.29, 1.82) is 0 Å². The van der Waals surface area contributed by atoms with E-state index in [0.29, 0.717) is 5.56 Å². The van der Waals surface area contributed by atoms with Crippen LogP contribution in [0.1, 0.15) is 10.4 Å². The van der Waals surface area contributed by atoms with Crippen LogP contribution in [0.2, 0.25) is 0 Å². The lowest BCUT2D eigenvalue weighted by molar-refractivity contribution is -0.0885. The predicted octanol–water partition coefficient (Wildman–Crippen LogP) is 2.59. The number of carbonyl (C=O) groups excluding carboxylic acids is 1. The van der Waals surface area contributed by atoms with Gasteiger partial charge in [0, 0.05) is 18.0 Å². The Morgan fingerprint density at radius 1 is 1.05 bits per heavy atom. The fraction of sp³-hybridized carbons (Fsp3) is 0.0833. The summed E-state index contributed by atoms with van der Waals surface area (Å²) >= 11 is 0. The average Bonchev–Trinajstić information content (AvgIpc) is 2.38. The zero-order valence-electron chi connectivity index (χ0n) is 9.35. The minimum absolute atomic E-state index is 0.0487. The summed E-state index contributed by atoms with van der Waals surface area (Å²) in [6.07, 6.45) is -3.29. The zero-order valence-corrected chi connectivity index (χ0v) is 9.35. The highest BCUT2D eigenvalue weighted by Gasteiger charge is 2.39. The summed E-state index contributed by atoms with van der Waals surface area (Å²) in [6, 6.07) is 5.81. The summed E-state index contributed by atoms with van der Waals surface area (Å²) in [7, 11) is 0. The van der Waals surface area contributed by atoms with Crippen molar-refractivity contribution in [3.05, 3.63) is 42.2 Å². The largest absolute Gasteiger partial charge is 0.508 e. The van der Waals surface area contributed by atoms with Gasteiger partial charge >= 0.3 is 6.18 Å². The number of phenolic OH excluding ortho intramolecular Hbond substituents is 1. The Bertz CT molecular complexity index is 592. The zero-order chi connectivity index (χ0) is 14.0. The highest BCUT2D eigenvalue weighted by molar-refractivity contribution is 5.99. The second-order valence-corrected chi connectivity index (χ2v) is 3.67. The molecule has 1 aromatic heterocycles. The number of aromatic hydroxyl groups is 1. The fourth-order valence-electron chi connectivity index (χ4n) is 1.37. The Morgan fingerprint density at radius 2 is 1.58 bits per heavy atom. The molecule has 0 atom stereocenters. The van der Waals surface area contributed by atoms with Crippen LogP contribution in [0.3, 0.4) is 0 Å². The van der Waals surface area contributed by atoms with Crippen molar-refractivity contribution in [2.24, 2.45) is 0 Å². The quantitative estimate of drug-likeness (QED) is 0.850. The molecule has 19 heavy (non-hydrogen) atoms. The van der Waals surface area contributed by atoms with E-state index >= 15 is 0 Å². The van der Waals surface area contributed by atoms with Gasteiger partial charge in [0.05, 0.1) is 5.56 Å². The summed E-state index contributed by atoms with van der Waals surface area (Å²) in [5, 5.41) is 9.10. The van der Waals surface area contributed by atoms with E-state index in [1.807, 2.05) is 0 Å². The first-order chi connectivity index (χ1) is 8.88. The van der Waals surface area contributed by atoms with E-state index in [0.717, 1.165) is 12.4 Å². The molecule has 98 valence electrons. The number of nitrogens with zero attached hydrogens (tertiary/aromatic N) is 2. The van der Waals surface area contributed by atoms with Gasteiger partial charge in [0.1, 0.15) is 5.75 Å². The average molecular weight is 268 g/mol. The minimum Gasteiger partial charge on any atom is -0.508 e. The van der Waals surface area contributed by atoms with Gasteiger partial charge in [0.2, 0.25) is 0 Å². The first kappa shape index (κ1) is 13.0. The Morgan fingerprint density at radius 3 is 2.05 bits per heavy atom. The van der Waals surface area contributed by atoms with Gasteiger partial charge < -0.3 is 5.11 Å². The summed E-state index contributed by atoms with van der Waals surface area (Å²) in [6.45, 7) is 0. The van der Waals surface area contributed by atoms with Crippen LogP contribution in [0.15, 0.2) is 36.7 Å². The minimum atomic E-state index is -4.94. The summed E-state index contributed by atoms with van der Waals surface area (Å²) < 4.78 is 36.5. The van der Waals surface area contributed by atoms with Crippen molar-refractivity contribution in [2.75, 3.05) is 0 Å². The number of Topliss-reactive ketones (excluding diaryl/α,β-unsaturated/α-hetero) is 1. The molecule has 1 heterocycles. The third-order valence-corrected chi connectivity index (χ3v) is 2.30. The van der Waals surface area contributed by atoms with Crippen LogP contribution >= 0.6 is 0 Å². The second-order valence-electron chi connectivity index (χ2n) is 3.67. The topological polar surface area (TPSA) is 63.1 Å². The molecule has 0 unspecified atom stereocenters. The second kappa shape index (κ2) is 4.68. The molecule has 2 aromatic rings. The highest BCUT2D eigenvalue weighted by atomic mass is 19.4. The first-order valence-electron chi connectivity index (χ1n) is 5.11. The van der Waals surface area contributed by atoms with Crippen molar-refractivity contribution in [2.45, 2.75) is 6.18 Å². The van der Waals surface area contributed by atoms with E-state index in [1.165, 1.54) is 24.3 Å². The fourth-order valence-corrected chi connectivity index (χ4v) is 1.37. The number of rotatable bonds is 2. The molecule has 4 nitrogen and oxygen atoms in total. The van der Waals surface area contributed by atoms with Crippen LogP contribution in [-0.4, -0.2) is 27.0 Å². The van der Waals surface area contributed by atoms with Gasteiger partial charge in [-0.15, -0.1) is 0 Å². The molecule has 0 aliphatic rings. The van der Waals surface area contributed by atoms with E-state index in [-0.39, 0.29) is 11.6 Å². The third kappa shape index (κ3) is 2.87. The molecule has 1 N–H and O–H groups in total. The van der Waals surface area contributed by atoms with Crippen LogP contribution in [0.5, 0.6) is 5.75 Å². The summed E-state index contributed by atoms with van der Waals surface area (Å²) in [4.78, 5) is 18.3. The number of ketones is 1. The van der Waals surface area contributed by atoms with Crippen LogP contribution in [0.25, 0.3) is 11.4 Å². The van der Waals surface area contributed by atoms with Crippen LogP contribution in [0, 0.1) is 0 Å². The van der Waals surface area contributed by atoms with Crippen molar-refractivity contribution < 1.29 is 23.1 Å². The lowest BCUT2D eigenvalue weighted by Gasteiger charge is -2.05. The molecule has 0 amide bonds. The molecule has 1 aromatic carbocycles. The van der Waals surface area contributed by atoms with Gasteiger partial charge in [-0.05, 0) is 24.3 Å². The lowest BCUT2D eigenvalue weighted by atomic mass is 10.2. The van der Waals surface area contributed by atoms with Crippen LogP contribution < -0.4 is 0 Å². The molecule has 0 aliphatic heterocycles. The summed E-state index contributed by atoms with van der Waals surface area (Å²) in [5.41, 5.74) is -0.0983. The van der Waals surface area contributed by atoms with E-state index in [4.69, 9.17) is 5.11 Å². The monoisotopic (exact) mass is 268 g/mol. The lowest BCUT2D eigenvalue weighted by Crippen LogP contribution is -2.23. The maximum Gasteiger partial charge on any atom is 0.454 e. The first-order valence-corrected chi connectivity index (χ1v) is 5.11. The highest BCUT2D eigenvalue weighted by Crippen LogP contribution is 2.22. The number of alkyl halides is 3. The van der Waals surface area contributed by atoms with Crippen LogP contribution in [-0.2, 0) is 0 Å². The number of benzene rings is 1. The van der Waals surface area contributed by atoms with Gasteiger partial charge in [-0.25, -0.2) is 9.97 Å².